The molecule has 0 fully saturated rings. The van der Waals surface area contributed by atoms with Gasteiger partial charge in [0.25, 0.3) is 0 Å². The van der Waals surface area contributed by atoms with Gasteiger partial charge >= 0.3 is 0 Å². The van der Waals surface area contributed by atoms with Gasteiger partial charge in [0.15, 0.2) is 0 Å². The summed E-state index contributed by atoms with van der Waals surface area (Å²) in [6, 6.07) is 0. The lowest BCUT2D eigenvalue weighted by Gasteiger charge is -1.96. The number of Topliss-reactive ketones (excluding diaryl/α,β-unsaturated/α-hetero) is 1. The van der Waals surface area contributed by atoms with E-state index in [4.69, 9.17) is 0 Å². The van der Waals surface area contributed by atoms with Crippen molar-refractivity contribution in [1.29, 1.82) is 0 Å². The Morgan fingerprint density at radius 3 is 2.20 bits per heavy atom. The Labute approximate surface area is 63.8 Å². The smallest absolute Gasteiger partial charge is 0.132 e. The van der Waals surface area contributed by atoms with Gasteiger partial charge in [-0.2, -0.15) is 0 Å². The Bertz CT molecular complexity index is 86.7. The lowest BCUT2D eigenvalue weighted by atomic mass is 10.1. The van der Waals surface area contributed by atoms with Crippen LogP contribution in [0.3, 0.4) is 0 Å². The van der Waals surface area contributed by atoms with E-state index in [1.807, 2.05) is 0 Å². The van der Waals surface area contributed by atoms with E-state index in [0.29, 0.717) is 5.78 Å². The molecule has 0 aliphatic carbocycles. The summed E-state index contributed by atoms with van der Waals surface area (Å²) in [5.74, 6) is 0.441. The standard InChI is InChI=1S/C9H18O/c1-3-5-6-8-9(10)7-4-2/h3-8H2,1-2H3. The monoisotopic (exact) mass is 142 g/mol. The highest BCUT2D eigenvalue weighted by Crippen LogP contribution is 2.02. The quantitative estimate of drug-likeness (QED) is 0.521. The van der Waals surface area contributed by atoms with Crippen LogP contribution in [0, 0.1) is 0 Å². The molecule has 1 nitrogen and oxygen atoms in total. The first-order valence-electron chi connectivity index (χ1n) is 4.33. The van der Waals surface area contributed by atoms with Gasteiger partial charge in [-0.15, -0.1) is 0 Å². The molecule has 0 saturated carbocycles. The highest BCUT2D eigenvalue weighted by molar-refractivity contribution is 5.78. The van der Waals surface area contributed by atoms with Gasteiger partial charge in [-0.3, -0.25) is 4.79 Å². The summed E-state index contributed by atoms with van der Waals surface area (Å²) in [4.78, 5) is 10.9. The van der Waals surface area contributed by atoms with Gasteiger partial charge < -0.3 is 0 Å². The second-order valence-corrected chi connectivity index (χ2v) is 2.75. The van der Waals surface area contributed by atoms with E-state index in [0.717, 1.165) is 25.7 Å². The van der Waals surface area contributed by atoms with Gasteiger partial charge in [0.1, 0.15) is 5.78 Å². The van der Waals surface area contributed by atoms with Crippen molar-refractivity contribution in [3.05, 3.63) is 0 Å². The van der Waals surface area contributed by atoms with Crippen LogP contribution in [-0.2, 0) is 4.79 Å². The van der Waals surface area contributed by atoms with Crippen molar-refractivity contribution >= 4 is 5.78 Å². The van der Waals surface area contributed by atoms with Crippen molar-refractivity contribution in [2.75, 3.05) is 0 Å². The van der Waals surface area contributed by atoms with Crippen LogP contribution in [0.1, 0.15) is 52.4 Å². The molecule has 0 aromatic heterocycles. The van der Waals surface area contributed by atoms with Gasteiger partial charge in [0, 0.05) is 12.8 Å². The van der Waals surface area contributed by atoms with Gasteiger partial charge in [0.05, 0.1) is 0 Å². The molecule has 0 bridgehead atoms. The second kappa shape index (κ2) is 6.79. The van der Waals surface area contributed by atoms with Gasteiger partial charge in [-0.1, -0.05) is 26.7 Å². The Kier molecular flexibility index (Phi) is 6.56. The summed E-state index contributed by atoms with van der Waals surface area (Å²) in [5, 5.41) is 0. The minimum absolute atomic E-state index is 0.441. The molecule has 0 heterocycles. The first-order valence-corrected chi connectivity index (χ1v) is 4.33. The van der Waals surface area contributed by atoms with Gasteiger partial charge in [0.2, 0.25) is 0 Å². The molecule has 0 saturated heterocycles. The number of carbonyl (C=O) groups excluding carboxylic acids is 1. The SMILES string of the molecule is CCCCCC(=O)CCC. The third-order valence-corrected chi connectivity index (χ3v) is 1.59. The number of hydrogen-bond acceptors (Lipinski definition) is 1. The van der Waals surface area contributed by atoms with E-state index in [1.54, 1.807) is 0 Å². The van der Waals surface area contributed by atoms with Crippen molar-refractivity contribution in [3.8, 4) is 0 Å². The van der Waals surface area contributed by atoms with Gasteiger partial charge in [-0.05, 0) is 12.8 Å². The molecule has 60 valence electrons. The third kappa shape index (κ3) is 5.80. The van der Waals surface area contributed by atoms with Crippen LogP contribution in [0.15, 0.2) is 0 Å². The Morgan fingerprint density at radius 1 is 1.00 bits per heavy atom. The molecule has 0 unspecified atom stereocenters. The summed E-state index contributed by atoms with van der Waals surface area (Å²) in [6.45, 7) is 4.21. The molecule has 0 rings (SSSR count). The number of carbonyl (C=O) groups is 1. The van der Waals surface area contributed by atoms with Crippen LogP contribution in [0.5, 0.6) is 0 Å². The van der Waals surface area contributed by atoms with E-state index >= 15 is 0 Å². The molecule has 0 radical (unpaired) electrons. The summed E-state index contributed by atoms with van der Waals surface area (Å²) in [6.07, 6.45) is 6.10. The summed E-state index contributed by atoms with van der Waals surface area (Å²) in [5.41, 5.74) is 0. The molecular weight excluding hydrogens is 124 g/mol. The Hall–Kier alpha value is -0.330. The van der Waals surface area contributed by atoms with Crippen molar-refractivity contribution in [3.63, 3.8) is 0 Å². The van der Waals surface area contributed by atoms with Gasteiger partial charge in [-0.25, -0.2) is 0 Å². The topological polar surface area (TPSA) is 17.1 Å². The maximum absolute atomic E-state index is 10.9. The maximum atomic E-state index is 10.9. The molecule has 0 atom stereocenters. The number of hydrogen-bond donors (Lipinski definition) is 0. The van der Waals surface area contributed by atoms with Crippen molar-refractivity contribution in [2.24, 2.45) is 0 Å². The predicted molar refractivity (Wildman–Crippen MR) is 44.1 cm³/mol. The average Bonchev–Trinajstić information content (AvgIpc) is 1.89. The Morgan fingerprint density at radius 2 is 1.70 bits per heavy atom. The minimum Gasteiger partial charge on any atom is -0.300 e. The number of unbranched alkanes of at least 4 members (excludes halogenated alkanes) is 2. The fraction of sp³-hybridized carbons (Fsp3) is 0.889. The normalized spacial score (nSPS) is 9.80. The summed E-state index contributed by atoms with van der Waals surface area (Å²) < 4.78 is 0. The van der Waals surface area contributed by atoms with E-state index in [-0.39, 0.29) is 0 Å². The van der Waals surface area contributed by atoms with Crippen LogP contribution in [0.2, 0.25) is 0 Å². The van der Waals surface area contributed by atoms with E-state index in [1.165, 1.54) is 12.8 Å². The van der Waals surface area contributed by atoms with Crippen molar-refractivity contribution in [1.82, 2.24) is 0 Å². The first-order chi connectivity index (χ1) is 4.81. The fourth-order valence-corrected chi connectivity index (χ4v) is 0.976. The highest BCUT2D eigenvalue weighted by atomic mass is 16.1. The average molecular weight is 142 g/mol. The molecule has 0 aromatic carbocycles. The Balaban J connectivity index is 3.05. The van der Waals surface area contributed by atoms with E-state index < -0.39 is 0 Å². The van der Waals surface area contributed by atoms with Crippen LogP contribution in [-0.4, -0.2) is 5.78 Å². The zero-order chi connectivity index (χ0) is 7.82. The second-order valence-electron chi connectivity index (χ2n) is 2.75. The number of rotatable bonds is 6. The molecule has 0 amide bonds. The minimum atomic E-state index is 0.441. The fourth-order valence-electron chi connectivity index (χ4n) is 0.976. The van der Waals surface area contributed by atoms with Crippen molar-refractivity contribution in [2.45, 2.75) is 52.4 Å². The summed E-state index contributed by atoms with van der Waals surface area (Å²) in [7, 11) is 0. The lowest BCUT2D eigenvalue weighted by Crippen LogP contribution is -1.95. The molecule has 0 N–H and O–H groups in total. The van der Waals surface area contributed by atoms with E-state index in [9.17, 15) is 4.79 Å². The maximum Gasteiger partial charge on any atom is 0.132 e. The predicted octanol–water partition coefficient (Wildman–Crippen LogP) is 2.94. The van der Waals surface area contributed by atoms with Crippen LogP contribution in [0.4, 0.5) is 0 Å². The highest BCUT2D eigenvalue weighted by Gasteiger charge is 1.97. The van der Waals surface area contributed by atoms with E-state index in [2.05, 4.69) is 13.8 Å². The number of ketones is 1. The van der Waals surface area contributed by atoms with Crippen LogP contribution >= 0.6 is 0 Å². The molecule has 0 aliphatic heterocycles. The molecule has 10 heavy (non-hydrogen) atoms. The largest absolute Gasteiger partial charge is 0.300 e. The third-order valence-electron chi connectivity index (χ3n) is 1.59. The zero-order valence-corrected chi connectivity index (χ0v) is 7.15. The molecule has 0 aliphatic rings. The first kappa shape index (κ1) is 9.67. The van der Waals surface area contributed by atoms with Crippen LogP contribution < -0.4 is 0 Å². The molecular formula is C9H18O. The molecule has 0 spiro atoms. The zero-order valence-electron chi connectivity index (χ0n) is 7.15. The molecule has 0 aromatic rings. The summed E-state index contributed by atoms with van der Waals surface area (Å²) >= 11 is 0. The van der Waals surface area contributed by atoms with Crippen LogP contribution in [0.25, 0.3) is 0 Å². The lowest BCUT2D eigenvalue weighted by molar-refractivity contribution is -0.119. The van der Waals surface area contributed by atoms with Crippen molar-refractivity contribution < 1.29 is 4.79 Å². The molecule has 1 heteroatoms.